The second kappa shape index (κ2) is 12.1. The summed E-state index contributed by atoms with van der Waals surface area (Å²) in [7, 11) is 1.59. The SMILES string of the molecule is CN=CNC(C)=O.O=c1[nH]cnc2c1c(-c1ccc(OCCCO)cc1)cn2-c1ccccc1. The second-order valence-corrected chi connectivity index (χ2v) is 7.22. The van der Waals surface area contributed by atoms with Crippen molar-refractivity contribution in [2.75, 3.05) is 20.3 Å². The Balaban J connectivity index is 0.000000406. The summed E-state index contributed by atoms with van der Waals surface area (Å²) < 4.78 is 7.50. The molecule has 1 amide bonds. The first-order chi connectivity index (χ1) is 16.5. The average Bonchev–Trinajstić information content (AvgIpc) is 3.25. The van der Waals surface area contributed by atoms with E-state index in [1.807, 2.05) is 65.4 Å². The molecule has 0 saturated heterocycles. The average molecular weight is 462 g/mol. The van der Waals surface area contributed by atoms with E-state index in [1.165, 1.54) is 19.6 Å². The van der Waals surface area contributed by atoms with Gasteiger partial charge in [-0.25, -0.2) is 4.98 Å². The molecule has 9 heteroatoms. The Labute approximate surface area is 196 Å². The third kappa shape index (κ3) is 6.17. The fraction of sp³-hybridized carbons (Fsp3) is 0.200. The minimum Gasteiger partial charge on any atom is -0.494 e. The highest BCUT2D eigenvalue weighted by molar-refractivity contribution is 5.94. The minimum absolute atomic E-state index is 0.0920. The number of ether oxygens (including phenoxy) is 1. The number of aromatic amines is 1. The maximum atomic E-state index is 12.5. The highest BCUT2D eigenvalue weighted by Crippen LogP contribution is 2.30. The zero-order valence-electron chi connectivity index (χ0n) is 19.1. The highest BCUT2D eigenvalue weighted by atomic mass is 16.5. The minimum atomic E-state index is -0.173. The maximum absolute atomic E-state index is 12.5. The molecule has 34 heavy (non-hydrogen) atoms. The molecule has 0 atom stereocenters. The molecule has 2 heterocycles. The number of aliphatic imine (C=N–C) groups is 1. The molecule has 4 aromatic rings. The van der Waals surface area contributed by atoms with E-state index in [1.54, 1.807) is 7.05 Å². The van der Waals surface area contributed by atoms with Crippen LogP contribution in [0, 0.1) is 0 Å². The topological polar surface area (TPSA) is 122 Å². The van der Waals surface area contributed by atoms with Gasteiger partial charge in [-0.15, -0.1) is 0 Å². The van der Waals surface area contributed by atoms with E-state index < -0.39 is 0 Å². The van der Waals surface area contributed by atoms with Crippen LogP contribution in [0.3, 0.4) is 0 Å². The number of aliphatic hydroxyl groups excluding tert-OH is 1. The summed E-state index contributed by atoms with van der Waals surface area (Å²) in [5, 5.41) is 11.8. The molecule has 3 N–H and O–H groups in total. The zero-order valence-corrected chi connectivity index (χ0v) is 19.1. The first-order valence-electron chi connectivity index (χ1n) is 10.7. The molecule has 2 aromatic carbocycles. The van der Waals surface area contributed by atoms with Crippen molar-refractivity contribution < 1.29 is 14.6 Å². The standard InChI is InChI=1S/C21H19N3O3.C4H8N2O/c25-11-4-12-27-17-9-7-15(8-10-17)18-13-24(16-5-2-1-3-6-16)20-19(18)21(26)23-14-22-20;1-4(7)6-3-5-2/h1-3,5-10,13-14,25H,4,11-12H2,(H,22,23,26);3H,1-2H3,(H,5,6,7). The van der Waals surface area contributed by atoms with Gasteiger partial charge >= 0.3 is 0 Å². The number of H-pyrrole nitrogens is 1. The van der Waals surface area contributed by atoms with Crippen molar-refractivity contribution in [3.63, 3.8) is 0 Å². The van der Waals surface area contributed by atoms with Gasteiger partial charge in [-0.3, -0.25) is 14.6 Å². The zero-order chi connectivity index (χ0) is 24.3. The molecular formula is C25H27N5O4. The number of rotatable bonds is 7. The summed E-state index contributed by atoms with van der Waals surface area (Å²) in [4.78, 5) is 33.1. The van der Waals surface area contributed by atoms with Crippen LogP contribution in [-0.2, 0) is 4.79 Å². The van der Waals surface area contributed by atoms with Gasteiger partial charge in [0.1, 0.15) is 5.75 Å². The summed E-state index contributed by atoms with van der Waals surface area (Å²) in [6.07, 6.45) is 5.30. The van der Waals surface area contributed by atoms with E-state index >= 15 is 0 Å². The third-order valence-corrected chi connectivity index (χ3v) is 4.76. The van der Waals surface area contributed by atoms with Gasteiger partial charge in [-0.05, 0) is 29.8 Å². The van der Waals surface area contributed by atoms with Crippen molar-refractivity contribution >= 4 is 23.3 Å². The number of nitrogens with zero attached hydrogens (tertiary/aromatic N) is 3. The van der Waals surface area contributed by atoms with Gasteiger partial charge in [-0.1, -0.05) is 30.3 Å². The first-order valence-corrected chi connectivity index (χ1v) is 10.7. The van der Waals surface area contributed by atoms with Gasteiger partial charge in [0.15, 0.2) is 5.65 Å². The van der Waals surface area contributed by atoms with E-state index in [9.17, 15) is 9.59 Å². The largest absolute Gasteiger partial charge is 0.494 e. The number of amides is 1. The van der Waals surface area contributed by atoms with Crippen molar-refractivity contribution in [1.29, 1.82) is 0 Å². The third-order valence-electron chi connectivity index (χ3n) is 4.76. The van der Waals surface area contributed by atoms with Crippen molar-refractivity contribution in [3.8, 4) is 22.6 Å². The molecule has 4 rings (SSSR count). The van der Waals surface area contributed by atoms with E-state index in [0.29, 0.717) is 24.1 Å². The van der Waals surface area contributed by atoms with E-state index in [2.05, 4.69) is 20.3 Å². The molecule has 0 spiro atoms. The maximum Gasteiger partial charge on any atom is 0.260 e. The number of carbonyl (C=O) groups excluding carboxylic acids is 1. The van der Waals surface area contributed by atoms with Crippen molar-refractivity contribution in [3.05, 3.63) is 77.5 Å². The molecule has 0 bridgehead atoms. The number of benzene rings is 2. The van der Waals surface area contributed by atoms with Crippen LogP contribution in [0.2, 0.25) is 0 Å². The van der Waals surface area contributed by atoms with Crippen molar-refractivity contribution in [2.24, 2.45) is 4.99 Å². The van der Waals surface area contributed by atoms with E-state index in [0.717, 1.165) is 22.6 Å². The highest BCUT2D eigenvalue weighted by Gasteiger charge is 2.15. The number of carbonyl (C=O) groups is 1. The summed E-state index contributed by atoms with van der Waals surface area (Å²) in [5.41, 5.74) is 3.10. The Morgan fingerprint density at radius 3 is 2.56 bits per heavy atom. The van der Waals surface area contributed by atoms with Gasteiger partial charge < -0.3 is 24.7 Å². The van der Waals surface area contributed by atoms with Gasteiger partial charge in [0.05, 0.1) is 24.7 Å². The predicted octanol–water partition coefficient (Wildman–Crippen LogP) is 2.92. The summed E-state index contributed by atoms with van der Waals surface area (Å²) >= 11 is 0. The molecule has 2 aromatic heterocycles. The second-order valence-electron chi connectivity index (χ2n) is 7.22. The smallest absolute Gasteiger partial charge is 0.260 e. The van der Waals surface area contributed by atoms with Crippen LogP contribution in [0.25, 0.3) is 27.8 Å². The molecule has 9 nitrogen and oxygen atoms in total. The number of hydrogen-bond donors (Lipinski definition) is 3. The molecule has 0 fully saturated rings. The summed E-state index contributed by atoms with van der Waals surface area (Å²) in [6, 6.07) is 17.4. The van der Waals surface area contributed by atoms with E-state index in [4.69, 9.17) is 9.84 Å². The normalized spacial score (nSPS) is 10.7. The van der Waals surface area contributed by atoms with Crippen LogP contribution in [0.15, 0.2) is 76.9 Å². The lowest BCUT2D eigenvalue weighted by Gasteiger charge is -2.06. The van der Waals surface area contributed by atoms with Crippen LogP contribution in [-0.4, -0.2) is 52.1 Å². The molecule has 0 aliphatic rings. The summed E-state index contributed by atoms with van der Waals surface area (Å²) in [5.74, 6) is 0.636. The quantitative estimate of drug-likeness (QED) is 0.222. The Morgan fingerprint density at radius 1 is 1.21 bits per heavy atom. The Hall–Kier alpha value is -4.24. The molecule has 176 valence electrons. The summed E-state index contributed by atoms with van der Waals surface area (Å²) in [6.45, 7) is 2.00. The van der Waals surface area contributed by atoms with Crippen LogP contribution in [0.1, 0.15) is 13.3 Å². The Morgan fingerprint density at radius 2 is 1.94 bits per heavy atom. The molecule has 0 aliphatic carbocycles. The lowest BCUT2D eigenvalue weighted by Crippen LogP contribution is -2.16. The molecule has 0 aliphatic heterocycles. The number of nitrogens with one attached hydrogen (secondary N) is 2. The molecular weight excluding hydrogens is 434 g/mol. The number of aromatic nitrogens is 3. The van der Waals surface area contributed by atoms with Crippen LogP contribution in [0.4, 0.5) is 0 Å². The number of hydrogen-bond acceptors (Lipinski definition) is 6. The first kappa shape index (κ1) is 24.4. The monoisotopic (exact) mass is 461 g/mol. The molecule has 0 unspecified atom stereocenters. The van der Waals surface area contributed by atoms with Gasteiger partial charge in [-0.2, -0.15) is 0 Å². The van der Waals surface area contributed by atoms with Crippen LogP contribution >= 0.6 is 0 Å². The predicted molar refractivity (Wildman–Crippen MR) is 133 cm³/mol. The number of fused-ring (bicyclic) bond motifs is 1. The van der Waals surface area contributed by atoms with Crippen molar-refractivity contribution in [2.45, 2.75) is 13.3 Å². The lowest BCUT2D eigenvalue weighted by molar-refractivity contribution is -0.117. The van der Waals surface area contributed by atoms with Crippen molar-refractivity contribution in [1.82, 2.24) is 19.9 Å². The van der Waals surface area contributed by atoms with Crippen LogP contribution in [0.5, 0.6) is 5.75 Å². The fourth-order valence-electron chi connectivity index (χ4n) is 3.22. The van der Waals surface area contributed by atoms with Gasteiger partial charge in [0.25, 0.3) is 5.56 Å². The fourth-order valence-corrected chi connectivity index (χ4v) is 3.22. The Kier molecular flexibility index (Phi) is 8.70. The molecule has 0 saturated carbocycles. The number of para-hydroxylation sites is 1. The van der Waals surface area contributed by atoms with Gasteiger partial charge in [0, 0.05) is 44.4 Å². The lowest BCUT2D eigenvalue weighted by atomic mass is 10.1. The Bertz CT molecular complexity index is 1290. The molecule has 0 radical (unpaired) electrons. The number of aliphatic hydroxyl groups is 1. The van der Waals surface area contributed by atoms with Gasteiger partial charge in [0.2, 0.25) is 5.91 Å². The van der Waals surface area contributed by atoms with Crippen LogP contribution < -0.4 is 15.6 Å². The van der Waals surface area contributed by atoms with E-state index in [-0.39, 0.29) is 18.1 Å².